The van der Waals surface area contributed by atoms with Gasteiger partial charge >= 0.3 is 0 Å². The third-order valence-electron chi connectivity index (χ3n) is 14.4. The molecule has 1 aliphatic heterocycles. The molecule has 4 aromatic carbocycles. The maximum absolute atomic E-state index is 2.61. The van der Waals surface area contributed by atoms with Gasteiger partial charge in [0.2, 0.25) is 0 Å². The summed E-state index contributed by atoms with van der Waals surface area (Å²) in [7, 11) is 0. The van der Waals surface area contributed by atoms with Crippen molar-refractivity contribution >= 4 is 51.3 Å². The van der Waals surface area contributed by atoms with Crippen LogP contribution in [-0.4, -0.2) is 15.9 Å². The summed E-state index contributed by atoms with van der Waals surface area (Å²) in [5.41, 5.74) is 19.5. The lowest BCUT2D eigenvalue weighted by Gasteiger charge is -2.35. The van der Waals surface area contributed by atoms with Crippen LogP contribution in [0, 0.1) is 5.92 Å². The van der Waals surface area contributed by atoms with E-state index < -0.39 is 0 Å². The Hall–Kier alpha value is -5.77. The Morgan fingerprint density at radius 2 is 1.60 bits per heavy atom. The quantitative estimate of drug-likeness (QED) is 0.169. The fraction of sp³-hybridized carbons (Fsp3) is 0.228. The highest BCUT2D eigenvalue weighted by atomic mass is 32.2. The minimum absolute atomic E-state index is 0.0105. The van der Waals surface area contributed by atoms with Crippen LogP contribution in [0.25, 0.3) is 33.8 Å². The SMILES string of the molecule is CC1(C)C2=C(CCC=C2)c2ccc(N(c3ccc(C4=Cc5c(n(-c6ccccc6)c6ccc7c(c56)SC5C=CC=CC75)CC4)cc3)C3C=CC(C4C=CC=CC4)=CC3)cc21. The molecule has 0 saturated carbocycles. The monoisotopic (exact) mass is 794 g/mol. The van der Waals surface area contributed by atoms with E-state index in [2.05, 4.69) is 205 Å². The molecule has 2 nitrogen and oxygen atoms in total. The van der Waals surface area contributed by atoms with Gasteiger partial charge < -0.3 is 9.47 Å². The number of fused-ring (bicyclic) bond motifs is 9. The lowest BCUT2D eigenvalue weighted by Crippen LogP contribution is -2.31. The molecule has 0 fully saturated rings. The molecule has 4 unspecified atom stereocenters. The van der Waals surface area contributed by atoms with Gasteiger partial charge in [-0.25, -0.2) is 0 Å². The maximum Gasteiger partial charge on any atom is 0.0560 e. The zero-order chi connectivity index (χ0) is 40.0. The summed E-state index contributed by atoms with van der Waals surface area (Å²) >= 11 is 2.06. The number of para-hydroxylation sites is 1. The van der Waals surface area contributed by atoms with Crippen LogP contribution in [0.5, 0.6) is 0 Å². The molecule has 60 heavy (non-hydrogen) atoms. The fourth-order valence-electron chi connectivity index (χ4n) is 11.4. The van der Waals surface area contributed by atoms with Crippen molar-refractivity contribution in [2.24, 2.45) is 5.92 Å². The number of nitrogens with zero attached hydrogens (tertiary/aromatic N) is 2. The number of aromatic nitrogens is 1. The van der Waals surface area contributed by atoms with Crippen LogP contribution >= 0.6 is 11.8 Å². The third kappa shape index (κ3) is 5.69. The predicted molar refractivity (Wildman–Crippen MR) is 255 cm³/mol. The Balaban J connectivity index is 0.933. The second kappa shape index (κ2) is 14.2. The third-order valence-corrected chi connectivity index (χ3v) is 15.8. The van der Waals surface area contributed by atoms with E-state index in [1.54, 1.807) is 5.57 Å². The van der Waals surface area contributed by atoms with E-state index in [1.807, 2.05) is 0 Å². The number of hydrogen-bond acceptors (Lipinski definition) is 2. The van der Waals surface area contributed by atoms with Crippen LogP contribution in [0.15, 0.2) is 180 Å². The van der Waals surface area contributed by atoms with Crippen molar-refractivity contribution in [1.82, 2.24) is 4.57 Å². The van der Waals surface area contributed by atoms with E-state index in [1.165, 1.54) is 83.1 Å². The lowest BCUT2D eigenvalue weighted by atomic mass is 9.80. The smallest absolute Gasteiger partial charge is 0.0560 e. The second-order valence-electron chi connectivity index (χ2n) is 18.1. The van der Waals surface area contributed by atoms with Crippen LogP contribution < -0.4 is 4.90 Å². The van der Waals surface area contributed by atoms with Crippen molar-refractivity contribution < 1.29 is 0 Å². The summed E-state index contributed by atoms with van der Waals surface area (Å²) in [5.74, 6) is 0.907. The van der Waals surface area contributed by atoms with Crippen LogP contribution in [0.2, 0.25) is 0 Å². The van der Waals surface area contributed by atoms with Crippen molar-refractivity contribution in [3.05, 3.63) is 209 Å². The minimum atomic E-state index is -0.0105. The van der Waals surface area contributed by atoms with Gasteiger partial charge in [-0.05, 0) is 132 Å². The second-order valence-corrected chi connectivity index (χ2v) is 19.3. The summed E-state index contributed by atoms with van der Waals surface area (Å²) in [6, 6.07) is 32.9. The Morgan fingerprint density at radius 3 is 2.43 bits per heavy atom. The molecule has 4 atom stereocenters. The van der Waals surface area contributed by atoms with Gasteiger partial charge in [-0.3, -0.25) is 0 Å². The molecule has 0 N–H and O–H groups in total. The van der Waals surface area contributed by atoms with Gasteiger partial charge in [-0.15, -0.1) is 11.8 Å². The molecule has 0 bridgehead atoms. The molecule has 0 saturated heterocycles. The minimum Gasteiger partial charge on any atom is -0.334 e. The number of thioether (sulfide) groups is 1. The molecule has 0 radical (unpaired) electrons. The van der Waals surface area contributed by atoms with Crippen molar-refractivity contribution in [3.8, 4) is 5.69 Å². The zero-order valence-electron chi connectivity index (χ0n) is 34.5. The molecule has 6 aliphatic carbocycles. The Kier molecular flexibility index (Phi) is 8.53. The zero-order valence-corrected chi connectivity index (χ0v) is 35.3. The largest absolute Gasteiger partial charge is 0.334 e. The van der Waals surface area contributed by atoms with Gasteiger partial charge in [0, 0.05) is 61.1 Å². The van der Waals surface area contributed by atoms with Crippen molar-refractivity contribution in [2.45, 2.75) is 79.9 Å². The van der Waals surface area contributed by atoms with Gasteiger partial charge in [0.05, 0.1) is 11.6 Å². The van der Waals surface area contributed by atoms with E-state index in [0.717, 1.165) is 38.5 Å². The predicted octanol–water partition coefficient (Wildman–Crippen LogP) is 14.7. The molecule has 5 aromatic rings. The first-order valence-corrected chi connectivity index (χ1v) is 23.0. The molecular formula is C57H50N2S. The first-order chi connectivity index (χ1) is 29.5. The fourth-order valence-corrected chi connectivity index (χ4v) is 12.9. The average Bonchev–Trinajstić information content (AvgIpc) is 3.92. The van der Waals surface area contributed by atoms with Crippen molar-refractivity contribution in [2.75, 3.05) is 4.90 Å². The highest BCUT2D eigenvalue weighted by molar-refractivity contribution is 8.00. The number of benzene rings is 4. The van der Waals surface area contributed by atoms with Crippen LogP contribution in [-0.2, 0) is 11.8 Å². The van der Waals surface area contributed by atoms with E-state index in [0.29, 0.717) is 17.1 Å². The number of hydrogen-bond donors (Lipinski definition) is 0. The summed E-state index contributed by atoms with van der Waals surface area (Å²) in [5, 5.41) is 1.89. The summed E-state index contributed by atoms with van der Waals surface area (Å²) in [6.45, 7) is 4.84. The van der Waals surface area contributed by atoms with Gasteiger partial charge in [0.25, 0.3) is 0 Å². The molecule has 0 amide bonds. The molecule has 2 heterocycles. The van der Waals surface area contributed by atoms with Crippen molar-refractivity contribution in [1.29, 1.82) is 0 Å². The molecule has 12 rings (SSSR count). The van der Waals surface area contributed by atoms with Gasteiger partial charge in [0.1, 0.15) is 0 Å². The van der Waals surface area contributed by atoms with Gasteiger partial charge in [-0.1, -0.05) is 135 Å². The Bertz CT molecular complexity index is 2880. The summed E-state index contributed by atoms with van der Waals surface area (Å²) in [6.07, 6.45) is 39.3. The first kappa shape index (κ1) is 36.1. The topological polar surface area (TPSA) is 8.17 Å². The van der Waals surface area contributed by atoms with Crippen LogP contribution in [0.3, 0.4) is 0 Å². The number of rotatable bonds is 6. The normalized spacial score (nSPS) is 23.9. The first-order valence-electron chi connectivity index (χ1n) is 22.2. The Labute approximate surface area is 359 Å². The van der Waals surface area contributed by atoms with Crippen LogP contribution in [0.1, 0.15) is 85.4 Å². The average molecular weight is 795 g/mol. The highest BCUT2D eigenvalue weighted by Crippen LogP contribution is 2.54. The highest BCUT2D eigenvalue weighted by Gasteiger charge is 2.38. The number of anilines is 2. The van der Waals surface area contributed by atoms with Gasteiger partial charge in [0.15, 0.2) is 0 Å². The Morgan fingerprint density at radius 1 is 0.750 bits per heavy atom. The molecule has 1 aromatic heterocycles. The molecular weight excluding hydrogens is 745 g/mol. The summed E-state index contributed by atoms with van der Waals surface area (Å²) in [4.78, 5) is 4.07. The lowest BCUT2D eigenvalue weighted by molar-refractivity contribution is 0.650. The molecule has 0 spiro atoms. The van der Waals surface area contributed by atoms with Gasteiger partial charge in [-0.2, -0.15) is 0 Å². The summed E-state index contributed by atoms with van der Waals surface area (Å²) < 4.78 is 2.55. The van der Waals surface area contributed by atoms with Crippen molar-refractivity contribution in [3.63, 3.8) is 0 Å². The standard InChI is InChI=1S/C57H50N2S/c1-57(2)50-19-11-9-17-45(50)46-31-30-44(36-51(46)57)58(42-26-21-38(22-27-42)37-13-5-3-6-14-37)43-28-23-39(24-29-43)40-25-33-52-49(35-40)55-53(59(52)41-15-7-4-8-16-41)34-32-48-47-18-10-12-20-54(47)60-56(48)55/h3-8,10-13,15-16,18-24,26,28-32,34-37,42,47,54H,9,14,17,25,27,33H2,1-2H3. The van der Waals surface area contributed by atoms with E-state index in [4.69, 9.17) is 0 Å². The molecule has 7 aliphatic rings. The van der Waals surface area contributed by atoms with E-state index >= 15 is 0 Å². The van der Waals surface area contributed by atoms with E-state index in [9.17, 15) is 0 Å². The molecule has 294 valence electrons. The van der Waals surface area contributed by atoms with Crippen LogP contribution in [0.4, 0.5) is 11.4 Å². The maximum atomic E-state index is 2.61. The van der Waals surface area contributed by atoms with E-state index in [-0.39, 0.29) is 11.5 Å². The number of allylic oxidation sites excluding steroid dienone is 14. The molecule has 3 heteroatoms.